The van der Waals surface area contributed by atoms with Crippen molar-refractivity contribution in [3.63, 3.8) is 0 Å². The van der Waals surface area contributed by atoms with Crippen LogP contribution in [0.1, 0.15) is 46.5 Å². The monoisotopic (exact) mass is 597 g/mol. The van der Waals surface area contributed by atoms with Gasteiger partial charge in [0, 0.05) is 34.3 Å². The molecule has 1 heterocycles. The Bertz CT molecular complexity index is 1560. The van der Waals surface area contributed by atoms with Gasteiger partial charge < -0.3 is 15.0 Å². The first-order valence-electron chi connectivity index (χ1n) is 13.0. The zero-order valence-electron chi connectivity index (χ0n) is 22.2. The van der Waals surface area contributed by atoms with Crippen LogP contribution >= 0.6 is 35.3 Å². The number of halogens is 3. The Morgan fingerprint density at radius 1 is 1.12 bits per heavy atom. The molecule has 0 bridgehead atoms. The van der Waals surface area contributed by atoms with E-state index in [1.165, 1.54) is 17.4 Å². The third-order valence-electron chi connectivity index (χ3n) is 7.55. The average Bonchev–Trinajstić information content (AvgIpc) is 3.32. The average molecular weight is 599 g/mol. The number of fused-ring (bicyclic) bond motifs is 1. The summed E-state index contributed by atoms with van der Waals surface area (Å²) < 4.78 is 21.0. The van der Waals surface area contributed by atoms with Crippen molar-refractivity contribution in [1.82, 2.24) is 10.2 Å². The molecule has 1 amide bonds. The van der Waals surface area contributed by atoms with Gasteiger partial charge in [0.2, 0.25) is 0 Å². The summed E-state index contributed by atoms with van der Waals surface area (Å²) in [4.78, 5) is 16.4. The summed E-state index contributed by atoms with van der Waals surface area (Å²) in [5.74, 6) is 0.0423. The number of rotatable bonds is 7. The fraction of sp³-hybridized carbons (Fsp3) is 0.290. The highest BCUT2D eigenvalue weighted by Crippen LogP contribution is 2.39. The maximum absolute atomic E-state index is 14.6. The molecule has 1 aromatic heterocycles. The predicted octanol–water partition coefficient (Wildman–Crippen LogP) is 7.84. The molecular weight excluding hydrogens is 568 g/mol. The van der Waals surface area contributed by atoms with Crippen molar-refractivity contribution in [3.8, 4) is 22.9 Å². The zero-order chi connectivity index (χ0) is 27.5. The highest BCUT2D eigenvalue weighted by Gasteiger charge is 2.32. The van der Waals surface area contributed by atoms with Crippen LogP contribution in [-0.4, -0.2) is 37.0 Å². The molecule has 0 unspecified atom stereocenters. The zero-order valence-corrected chi connectivity index (χ0v) is 24.6. The molecule has 3 aromatic carbocycles. The normalized spacial score (nSPS) is 16.7. The molecule has 1 aliphatic carbocycles. The Hall–Kier alpha value is -3.15. The number of methoxy groups -OCH3 is 1. The Morgan fingerprint density at radius 2 is 1.85 bits per heavy atom. The van der Waals surface area contributed by atoms with Crippen LogP contribution in [-0.2, 0) is 6.54 Å². The van der Waals surface area contributed by atoms with Gasteiger partial charge in [-0.1, -0.05) is 35.9 Å². The quantitative estimate of drug-likeness (QED) is 0.236. The van der Waals surface area contributed by atoms with Crippen molar-refractivity contribution in [3.05, 3.63) is 87.5 Å². The second-order valence-electron chi connectivity index (χ2n) is 9.80. The van der Waals surface area contributed by atoms with E-state index in [2.05, 4.69) is 11.4 Å². The van der Waals surface area contributed by atoms with Gasteiger partial charge in [0.25, 0.3) is 5.91 Å². The first kappa shape index (κ1) is 29.8. The Labute approximate surface area is 248 Å². The van der Waals surface area contributed by atoms with E-state index in [4.69, 9.17) is 16.3 Å². The number of benzene rings is 3. The van der Waals surface area contributed by atoms with E-state index in [0.717, 1.165) is 42.4 Å². The maximum Gasteiger partial charge on any atom is 0.266 e. The van der Waals surface area contributed by atoms with E-state index in [-0.39, 0.29) is 29.4 Å². The molecule has 1 N–H and O–H groups in total. The van der Waals surface area contributed by atoms with Gasteiger partial charge >= 0.3 is 0 Å². The summed E-state index contributed by atoms with van der Waals surface area (Å²) in [6.45, 7) is 0.315. The number of nitrogens with one attached hydrogen (secondary N) is 1. The summed E-state index contributed by atoms with van der Waals surface area (Å²) in [5, 5.41) is 13.2. The molecule has 0 aliphatic heterocycles. The van der Waals surface area contributed by atoms with Crippen LogP contribution in [0.2, 0.25) is 5.02 Å². The van der Waals surface area contributed by atoms with Crippen LogP contribution < -0.4 is 10.1 Å². The van der Waals surface area contributed by atoms with Crippen LogP contribution in [0, 0.1) is 17.1 Å². The number of hydrogen-bond acceptors (Lipinski definition) is 5. The lowest BCUT2D eigenvalue weighted by Gasteiger charge is -2.37. The second kappa shape index (κ2) is 13.0. The van der Waals surface area contributed by atoms with Gasteiger partial charge in [-0.2, -0.15) is 5.26 Å². The Morgan fingerprint density at radius 3 is 2.52 bits per heavy atom. The molecule has 40 heavy (non-hydrogen) atoms. The van der Waals surface area contributed by atoms with Crippen molar-refractivity contribution < 1.29 is 13.9 Å². The molecule has 4 aromatic rings. The number of carbonyl (C=O) groups excluding carboxylic acids is 1. The molecule has 0 radical (unpaired) electrons. The highest BCUT2D eigenvalue weighted by molar-refractivity contribution is 7.21. The third kappa shape index (κ3) is 5.96. The van der Waals surface area contributed by atoms with Crippen molar-refractivity contribution in [2.45, 2.75) is 44.3 Å². The molecule has 208 valence electrons. The first-order valence-corrected chi connectivity index (χ1v) is 14.1. The van der Waals surface area contributed by atoms with Crippen molar-refractivity contribution >= 4 is 51.3 Å². The topological polar surface area (TPSA) is 65.4 Å². The van der Waals surface area contributed by atoms with Gasteiger partial charge in [-0.15, -0.1) is 23.7 Å². The van der Waals surface area contributed by atoms with Crippen LogP contribution in [0.25, 0.3) is 21.2 Å². The van der Waals surface area contributed by atoms with Crippen LogP contribution in [0.4, 0.5) is 4.39 Å². The summed E-state index contributed by atoms with van der Waals surface area (Å²) in [6.07, 6.45) is 3.61. The van der Waals surface area contributed by atoms with Crippen LogP contribution in [0.15, 0.2) is 60.7 Å². The fourth-order valence-electron chi connectivity index (χ4n) is 5.42. The minimum absolute atomic E-state index is 0. The molecule has 1 fully saturated rings. The lowest BCUT2D eigenvalue weighted by atomic mass is 9.89. The summed E-state index contributed by atoms with van der Waals surface area (Å²) >= 11 is 7.87. The maximum atomic E-state index is 14.6. The van der Waals surface area contributed by atoms with Gasteiger partial charge in [-0.25, -0.2) is 4.39 Å². The summed E-state index contributed by atoms with van der Waals surface area (Å²) in [6, 6.07) is 20.7. The van der Waals surface area contributed by atoms with E-state index in [1.54, 1.807) is 25.3 Å². The molecule has 0 saturated heterocycles. The van der Waals surface area contributed by atoms with E-state index in [9.17, 15) is 14.4 Å². The van der Waals surface area contributed by atoms with E-state index in [0.29, 0.717) is 38.9 Å². The highest BCUT2D eigenvalue weighted by atomic mass is 35.5. The largest absolute Gasteiger partial charge is 0.496 e. The fourth-order valence-corrected chi connectivity index (χ4v) is 6.92. The van der Waals surface area contributed by atoms with Gasteiger partial charge in [0.15, 0.2) is 0 Å². The van der Waals surface area contributed by atoms with Crippen LogP contribution in [0.5, 0.6) is 5.75 Å². The number of ether oxygens (including phenoxy) is 1. The lowest BCUT2D eigenvalue weighted by Crippen LogP contribution is -2.44. The molecule has 1 aliphatic rings. The molecule has 5 rings (SSSR count). The third-order valence-corrected chi connectivity index (χ3v) is 9.19. The summed E-state index contributed by atoms with van der Waals surface area (Å²) in [7, 11) is 3.59. The number of carbonyl (C=O) groups is 1. The Kier molecular flexibility index (Phi) is 9.70. The Balaban J connectivity index is 0.00000370. The number of nitrogens with zero attached hydrogens (tertiary/aromatic N) is 2. The second-order valence-corrected chi connectivity index (χ2v) is 11.2. The van der Waals surface area contributed by atoms with Gasteiger partial charge in [-0.05, 0) is 80.3 Å². The van der Waals surface area contributed by atoms with Crippen molar-refractivity contribution in [1.29, 1.82) is 5.26 Å². The standard InChI is InChI=1S/C31H29ClFN3O2S.ClH/c1-35-23-10-12-24(13-11-23)36(31(37)30-29(32)28-25(33)7-4-8-27(28)39-30)18-22-16-21(9-14-26(22)38-2)20-6-3-5-19(15-20)17-34;/h3-9,14-16,23-24,35H,10-13,18H2,1-2H3;1H. The van der Waals surface area contributed by atoms with E-state index < -0.39 is 5.82 Å². The predicted molar refractivity (Wildman–Crippen MR) is 162 cm³/mol. The number of nitriles is 1. The van der Waals surface area contributed by atoms with E-state index >= 15 is 0 Å². The molecule has 5 nitrogen and oxygen atoms in total. The SMILES string of the molecule is CNC1CCC(N(Cc2cc(-c3cccc(C#N)c3)ccc2OC)C(=O)c2sc3cccc(F)c3c2Cl)CC1.Cl. The number of thiophene rings is 1. The number of amides is 1. The lowest BCUT2D eigenvalue weighted by molar-refractivity contribution is 0.0604. The van der Waals surface area contributed by atoms with Gasteiger partial charge in [0.1, 0.15) is 16.4 Å². The van der Waals surface area contributed by atoms with Crippen molar-refractivity contribution in [2.24, 2.45) is 0 Å². The van der Waals surface area contributed by atoms with Crippen LogP contribution in [0.3, 0.4) is 0 Å². The molecule has 1 saturated carbocycles. The van der Waals surface area contributed by atoms with Gasteiger partial charge in [-0.3, -0.25) is 4.79 Å². The van der Waals surface area contributed by atoms with Crippen molar-refractivity contribution in [2.75, 3.05) is 14.2 Å². The smallest absolute Gasteiger partial charge is 0.266 e. The molecule has 9 heteroatoms. The molecular formula is C31H30Cl2FN3O2S. The van der Waals surface area contributed by atoms with Gasteiger partial charge in [0.05, 0.1) is 23.8 Å². The van der Waals surface area contributed by atoms with E-state index in [1.807, 2.05) is 48.3 Å². The number of hydrogen-bond donors (Lipinski definition) is 1. The molecule has 0 spiro atoms. The molecule has 0 atom stereocenters. The minimum atomic E-state index is -0.428. The first-order chi connectivity index (χ1) is 18.9. The summed E-state index contributed by atoms with van der Waals surface area (Å²) in [5.41, 5.74) is 3.27. The minimum Gasteiger partial charge on any atom is -0.496 e.